The maximum atomic E-state index is 8.93. The van der Waals surface area contributed by atoms with Crippen LogP contribution in [0.1, 0.15) is 32.0 Å². The summed E-state index contributed by atoms with van der Waals surface area (Å²) in [6, 6.07) is 23.8. The number of hydrogen-bond donors (Lipinski definition) is 0. The smallest absolute Gasteiger partial charge is 0.0991 e. The molecule has 2 aromatic carbocycles. The van der Waals surface area contributed by atoms with E-state index in [0.29, 0.717) is 11.1 Å². The molecule has 2 aromatic heterocycles. The molecule has 2 heterocycles. The first-order valence-electron chi connectivity index (χ1n) is 9.28. The lowest BCUT2D eigenvalue weighted by molar-refractivity contribution is 1.48. The summed E-state index contributed by atoms with van der Waals surface area (Å²) in [5, 5.41) is 22.1. The molecule has 0 spiro atoms. The molecule has 0 aliphatic heterocycles. The molecule has 0 unspecified atom stereocenters. The fourth-order valence-electron chi connectivity index (χ4n) is 3.03. The lowest BCUT2D eigenvalue weighted by atomic mass is 10.1. The van der Waals surface area contributed by atoms with Crippen LogP contribution in [-0.2, 0) is 0 Å². The Morgan fingerprint density at radius 1 is 0.533 bits per heavy atom. The van der Waals surface area contributed by atoms with Crippen LogP contribution in [0.25, 0.3) is 35.4 Å². The molecule has 0 radical (unpaired) electrons. The van der Waals surface area contributed by atoms with Gasteiger partial charge in [-0.2, -0.15) is 10.5 Å². The van der Waals surface area contributed by atoms with Gasteiger partial charge < -0.3 is 0 Å². The zero-order valence-electron chi connectivity index (χ0n) is 15.9. The van der Waals surface area contributed by atoms with Crippen LogP contribution in [0.4, 0.5) is 0 Å². The third kappa shape index (κ3) is 4.47. The van der Waals surface area contributed by atoms with E-state index in [1.807, 2.05) is 48.5 Å². The predicted molar refractivity (Wildman–Crippen MR) is 128 cm³/mol. The van der Waals surface area contributed by atoms with Gasteiger partial charge in [-0.1, -0.05) is 36.4 Å². The SMILES string of the molecule is N#Cc1ccc(/C=C\c2sccc2-c2ccsc2/C=C/c2ccc(C#N)cc2)cc1. The third-order valence-corrected chi connectivity index (χ3v) is 6.38. The zero-order valence-corrected chi connectivity index (χ0v) is 17.6. The molecule has 0 fully saturated rings. The minimum Gasteiger partial charge on any atom is -0.192 e. The molecule has 0 aliphatic carbocycles. The van der Waals surface area contributed by atoms with Gasteiger partial charge in [-0.25, -0.2) is 0 Å². The molecule has 0 aliphatic rings. The minimum atomic E-state index is 0.668. The van der Waals surface area contributed by atoms with Crippen LogP contribution in [0.2, 0.25) is 0 Å². The van der Waals surface area contributed by atoms with E-state index in [-0.39, 0.29) is 0 Å². The van der Waals surface area contributed by atoms with Gasteiger partial charge in [-0.15, -0.1) is 22.7 Å². The predicted octanol–water partition coefficient (Wildman–Crippen LogP) is 7.56. The van der Waals surface area contributed by atoms with Gasteiger partial charge in [-0.05, 0) is 70.4 Å². The summed E-state index contributed by atoms with van der Waals surface area (Å²) in [5.41, 5.74) is 5.90. The summed E-state index contributed by atoms with van der Waals surface area (Å²) in [4.78, 5) is 2.40. The summed E-state index contributed by atoms with van der Waals surface area (Å²) < 4.78 is 0. The Labute approximate surface area is 183 Å². The topological polar surface area (TPSA) is 47.6 Å². The fourth-order valence-corrected chi connectivity index (χ4v) is 4.63. The molecule has 0 bridgehead atoms. The highest BCUT2D eigenvalue weighted by atomic mass is 32.1. The van der Waals surface area contributed by atoms with E-state index in [4.69, 9.17) is 10.5 Å². The Balaban J connectivity index is 1.57. The van der Waals surface area contributed by atoms with E-state index in [1.54, 1.807) is 22.7 Å². The Morgan fingerprint density at radius 2 is 0.933 bits per heavy atom. The van der Waals surface area contributed by atoms with Crippen LogP contribution < -0.4 is 0 Å². The number of nitrogens with zero attached hydrogens (tertiary/aromatic N) is 2. The number of rotatable bonds is 5. The summed E-state index contributed by atoms with van der Waals surface area (Å²) in [6.45, 7) is 0. The largest absolute Gasteiger partial charge is 0.192 e. The first kappa shape index (κ1) is 19.6. The van der Waals surface area contributed by atoms with Gasteiger partial charge in [0.05, 0.1) is 23.3 Å². The highest BCUT2D eigenvalue weighted by Crippen LogP contribution is 2.36. The average molecular weight is 421 g/mol. The maximum Gasteiger partial charge on any atom is 0.0991 e. The molecule has 0 N–H and O–H groups in total. The minimum absolute atomic E-state index is 0.668. The molecule has 0 atom stereocenters. The van der Waals surface area contributed by atoms with Gasteiger partial charge in [0.15, 0.2) is 0 Å². The Hall–Kier alpha value is -3.70. The molecular weight excluding hydrogens is 404 g/mol. The van der Waals surface area contributed by atoms with Gasteiger partial charge in [0.1, 0.15) is 0 Å². The van der Waals surface area contributed by atoms with E-state index in [9.17, 15) is 0 Å². The quantitative estimate of drug-likeness (QED) is 0.334. The Morgan fingerprint density at radius 3 is 1.30 bits per heavy atom. The second-order valence-electron chi connectivity index (χ2n) is 6.53. The van der Waals surface area contributed by atoms with Crippen molar-refractivity contribution in [3.63, 3.8) is 0 Å². The third-order valence-electron chi connectivity index (χ3n) is 4.61. The highest BCUT2D eigenvalue weighted by Gasteiger charge is 2.09. The molecule has 0 amide bonds. The van der Waals surface area contributed by atoms with Crippen LogP contribution >= 0.6 is 22.7 Å². The van der Waals surface area contributed by atoms with Crippen molar-refractivity contribution in [2.75, 3.05) is 0 Å². The van der Waals surface area contributed by atoms with Crippen LogP contribution in [0.3, 0.4) is 0 Å². The highest BCUT2D eigenvalue weighted by molar-refractivity contribution is 7.12. The van der Waals surface area contributed by atoms with Crippen LogP contribution in [0.5, 0.6) is 0 Å². The lowest BCUT2D eigenvalue weighted by Gasteiger charge is -2.01. The zero-order chi connectivity index (χ0) is 20.8. The van der Waals surface area contributed by atoms with E-state index >= 15 is 0 Å². The second kappa shape index (κ2) is 9.20. The van der Waals surface area contributed by atoms with Crippen molar-refractivity contribution in [3.8, 4) is 23.3 Å². The van der Waals surface area contributed by atoms with Gasteiger partial charge in [0, 0.05) is 20.9 Å². The standard InChI is InChI=1S/C26H16N2S2/c27-17-21-5-1-19(2-6-21)9-11-25-23(13-15-29-25)24-14-16-30-26(24)12-10-20-3-7-22(18-28)8-4-20/h1-16H/b11-9-,12-10+. The van der Waals surface area contributed by atoms with Crippen molar-refractivity contribution in [1.82, 2.24) is 0 Å². The first-order valence-corrected chi connectivity index (χ1v) is 11.0. The molecule has 4 aromatic rings. The fraction of sp³-hybridized carbons (Fsp3) is 0. The molecule has 4 heteroatoms. The molecule has 30 heavy (non-hydrogen) atoms. The van der Waals surface area contributed by atoms with Gasteiger partial charge in [0.25, 0.3) is 0 Å². The van der Waals surface area contributed by atoms with E-state index in [2.05, 4.69) is 59.3 Å². The number of nitriles is 2. The first-order chi connectivity index (χ1) is 14.8. The van der Waals surface area contributed by atoms with Crippen LogP contribution in [0, 0.1) is 22.7 Å². The van der Waals surface area contributed by atoms with Gasteiger partial charge >= 0.3 is 0 Å². The average Bonchev–Trinajstić information content (AvgIpc) is 3.45. The van der Waals surface area contributed by atoms with E-state index in [1.165, 1.54) is 20.9 Å². The molecule has 0 saturated heterocycles. The van der Waals surface area contributed by atoms with Crippen LogP contribution in [-0.4, -0.2) is 0 Å². The molecular formula is C26H16N2S2. The van der Waals surface area contributed by atoms with Crippen LogP contribution in [0.15, 0.2) is 71.4 Å². The Bertz CT molecular complexity index is 1190. The summed E-state index contributed by atoms with van der Waals surface area (Å²) in [5.74, 6) is 0. The molecule has 2 nitrogen and oxygen atoms in total. The second-order valence-corrected chi connectivity index (χ2v) is 8.43. The van der Waals surface area contributed by atoms with Gasteiger partial charge in [0.2, 0.25) is 0 Å². The summed E-state index contributed by atoms with van der Waals surface area (Å²) in [6.07, 6.45) is 8.42. The van der Waals surface area contributed by atoms with Crippen molar-refractivity contribution in [2.24, 2.45) is 0 Å². The number of hydrogen-bond acceptors (Lipinski definition) is 4. The molecule has 4 rings (SSSR count). The monoisotopic (exact) mass is 420 g/mol. The van der Waals surface area contributed by atoms with E-state index < -0.39 is 0 Å². The summed E-state index contributed by atoms with van der Waals surface area (Å²) in [7, 11) is 0. The van der Waals surface area contributed by atoms with Crippen molar-refractivity contribution >= 4 is 47.0 Å². The van der Waals surface area contributed by atoms with Crippen molar-refractivity contribution in [2.45, 2.75) is 0 Å². The number of benzene rings is 2. The molecule has 142 valence electrons. The maximum absolute atomic E-state index is 8.93. The van der Waals surface area contributed by atoms with Crippen molar-refractivity contribution in [3.05, 3.63) is 103 Å². The Kier molecular flexibility index (Phi) is 6.01. The normalized spacial score (nSPS) is 11.0. The summed E-state index contributed by atoms with van der Waals surface area (Å²) >= 11 is 3.43. The van der Waals surface area contributed by atoms with Gasteiger partial charge in [-0.3, -0.25) is 0 Å². The molecule has 0 saturated carbocycles. The lowest BCUT2D eigenvalue weighted by Crippen LogP contribution is -1.78. The van der Waals surface area contributed by atoms with E-state index in [0.717, 1.165) is 11.1 Å². The number of thiophene rings is 2. The van der Waals surface area contributed by atoms with Crippen molar-refractivity contribution < 1.29 is 0 Å². The van der Waals surface area contributed by atoms with Crippen molar-refractivity contribution in [1.29, 1.82) is 10.5 Å².